The standard InChI is InChI=1S/C21H22FN3O2S/c1-3-10-18(20(26)27-4-2)28-21-24-23-19(16-13-8-9-14-17(16)22)25(21)15-11-6-5-7-12-15/h5-9,11-14,18H,3-4,10H2,1-2H3/t18-/m0/s1. The summed E-state index contributed by atoms with van der Waals surface area (Å²) in [6.07, 6.45) is 1.48. The van der Waals surface area contributed by atoms with Gasteiger partial charge in [0.25, 0.3) is 0 Å². The van der Waals surface area contributed by atoms with Gasteiger partial charge in [0.2, 0.25) is 0 Å². The lowest BCUT2D eigenvalue weighted by Crippen LogP contribution is -2.20. The number of hydrogen-bond donors (Lipinski definition) is 0. The van der Waals surface area contributed by atoms with Gasteiger partial charge in [-0.1, -0.05) is 55.4 Å². The molecule has 0 aliphatic carbocycles. The van der Waals surface area contributed by atoms with Crippen molar-refractivity contribution in [1.29, 1.82) is 0 Å². The molecule has 0 saturated carbocycles. The number of halogens is 1. The zero-order valence-electron chi connectivity index (χ0n) is 15.8. The van der Waals surface area contributed by atoms with Crippen LogP contribution in [-0.2, 0) is 9.53 Å². The first-order chi connectivity index (χ1) is 13.7. The molecule has 0 fully saturated rings. The minimum atomic E-state index is -0.398. The Bertz CT molecular complexity index is 930. The molecule has 3 aromatic rings. The molecule has 1 atom stereocenters. The van der Waals surface area contributed by atoms with Crippen molar-refractivity contribution in [2.75, 3.05) is 6.61 Å². The molecule has 0 aliphatic rings. The SMILES string of the molecule is CCC[C@H](Sc1nnc(-c2ccccc2F)n1-c1ccccc1)C(=O)OCC. The fourth-order valence-electron chi connectivity index (χ4n) is 2.82. The van der Waals surface area contributed by atoms with Crippen molar-refractivity contribution in [3.05, 3.63) is 60.4 Å². The lowest BCUT2D eigenvalue weighted by atomic mass is 10.2. The molecule has 28 heavy (non-hydrogen) atoms. The van der Waals surface area contributed by atoms with Gasteiger partial charge in [0.1, 0.15) is 11.1 Å². The van der Waals surface area contributed by atoms with Crippen LogP contribution in [0.2, 0.25) is 0 Å². The predicted molar refractivity (Wildman–Crippen MR) is 108 cm³/mol. The molecule has 0 radical (unpaired) electrons. The van der Waals surface area contributed by atoms with Gasteiger partial charge in [0, 0.05) is 5.69 Å². The van der Waals surface area contributed by atoms with Crippen LogP contribution < -0.4 is 0 Å². The highest BCUT2D eigenvalue weighted by molar-refractivity contribution is 8.00. The largest absolute Gasteiger partial charge is 0.465 e. The monoisotopic (exact) mass is 399 g/mol. The van der Waals surface area contributed by atoms with Crippen molar-refractivity contribution in [3.63, 3.8) is 0 Å². The third kappa shape index (κ3) is 4.42. The number of esters is 1. The highest BCUT2D eigenvalue weighted by atomic mass is 32.2. The Kier molecular flexibility index (Phi) is 6.81. The van der Waals surface area contributed by atoms with Crippen LogP contribution >= 0.6 is 11.8 Å². The molecule has 1 aromatic heterocycles. The zero-order chi connectivity index (χ0) is 19.9. The van der Waals surface area contributed by atoms with E-state index in [0.717, 1.165) is 12.1 Å². The first kappa shape index (κ1) is 20.1. The van der Waals surface area contributed by atoms with Crippen LogP contribution in [0.3, 0.4) is 0 Å². The number of benzene rings is 2. The molecule has 0 bridgehead atoms. The number of ether oxygens (including phenoxy) is 1. The fourth-order valence-corrected chi connectivity index (χ4v) is 3.98. The van der Waals surface area contributed by atoms with E-state index < -0.39 is 5.25 Å². The van der Waals surface area contributed by atoms with E-state index >= 15 is 0 Å². The number of carbonyl (C=O) groups is 1. The number of para-hydroxylation sites is 1. The number of aromatic nitrogens is 3. The quantitative estimate of drug-likeness (QED) is 0.398. The van der Waals surface area contributed by atoms with Crippen molar-refractivity contribution in [2.24, 2.45) is 0 Å². The fraction of sp³-hybridized carbons (Fsp3) is 0.286. The van der Waals surface area contributed by atoms with Gasteiger partial charge in [-0.05, 0) is 37.6 Å². The Hall–Kier alpha value is -2.67. The van der Waals surface area contributed by atoms with E-state index in [-0.39, 0.29) is 11.8 Å². The highest BCUT2D eigenvalue weighted by Crippen LogP contribution is 2.32. The molecule has 0 N–H and O–H groups in total. The average Bonchev–Trinajstić information content (AvgIpc) is 3.12. The lowest BCUT2D eigenvalue weighted by Gasteiger charge is -2.15. The molecule has 0 unspecified atom stereocenters. The van der Waals surface area contributed by atoms with Crippen LogP contribution in [0.25, 0.3) is 17.1 Å². The normalized spacial score (nSPS) is 12.0. The van der Waals surface area contributed by atoms with Crippen LogP contribution in [0.5, 0.6) is 0 Å². The Morgan fingerprint density at radius 3 is 2.50 bits per heavy atom. The summed E-state index contributed by atoms with van der Waals surface area (Å²) in [6, 6.07) is 15.9. The Labute approximate surface area is 167 Å². The van der Waals surface area contributed by atoms with Crippen LogP contribution in [0, 0.1) is 5.82 Å². The highest BCUT2D eigenvalue weighted by Gasteiger charge is 2.26. The molecule has 146 valence electrons. The minimum Gasteiger partial charge on any atom is -0.465 e. The summed E-state index contributed by atoms with van der Waals surface area (Å²) < 4.78 is 21.4. The number of rotatable bonds is 8. The van der Waals surface area contributed by atoms with Gasteiger partial charge >= 0.3 is 5.97 Å². The van der Waals surface area contributed by atoms with Crippen LogP contribution in [0.4, 0.5) is 4.39 Å². The maximum Gasteiger partial charge on any atom is 0.319 e. The molecule has 0 saturated heterocycles. The van der Waals surface area contributed by atoms with Gasteiger partial charge in [-0.25, -0.2) is 4.39 Å². The Morgan fingerprint density at radius 1 is 1.11 bits per heavy atom. The number of nitrogens with zero attached hydrogens (tertiary/aromatic N) is 3. The molecule has 0 aliphatic heterocycles. The third-order valence-electron chi connectivity index (χ3n) is 4.11. The molecule has 2 aromatic carbocycles. The average molecular weight is 399 g/mol. The van der Waals surface area contributed by atoms with E-state index in [1.807, 2.05) is 37.3 Å². The summed E-state index contributed by atoms with van der Waals surface area (Å²) in [5.74, 6) is -0.255. The van der Waals surface area contributed by atoms with E-state index in [2.05, 4.69) is 10.2 Å². The molecule has 5 nitrogen and oxygen atoms in total. The van der Waals surface area contributed by atoms with Gasteiger partial charge in [-0.3, -0.25) is 9.36 Å². The van der Waals surface area contributed by atoms with Crippen molar-refractivity contribution in [1.82, 2.24) is 14.8 Å². The summed E-state index contributed by atoms with van der Waals surface area (Å²) in [5.41, 5.74) is 1.15. The topological polar surface area (TPSA) is 57.0 Å². The Balaban J connectivity index is 2.07. The zero-order valence-corrected chi connectivity index (χ0v) is 16.7. The number of carbonyl (C=O) groups excluding carboxylic acids is 1. The van der Waals surface area contributed by atoms with E-state index in [0.29, 0.717) is 29.6 Å². The van der Waals surface area contributed by atoms with Crippen molar-refractivity contribution in [2.45, 2.75) is 37.1 Å². The van der Waals surface area contributed by atoms with E-state index in [1.165, 1.54) is 17.8 Å². The van der Waals surface area contributed by atoms with Gasteiger partial charge < -0.3 is 4.74 Å². The smallest absolute Gasteiger partial charge is 0.319 e. The van der Waals surface area contributed by atoms with Gasteiger partial charge in [-0.2, -0.15) is 0 Å². The first-order valence-corrected chi connectivity index (χ1v) is 10.1. The van der Waals surface area contributed by atoms with Crippen molar-refractivity contribution >= 4 is 17.7 Å². The maximum absolute atomic E-state index is 14.4. The molecule has 0 amide bonds. The molecular weight excluding hydrogens is 377 g/mol. The molecule has 1 heterocycles. The van der Waals surface area contributed by atoms with Crippen molar-refractivity contribution < 1.29 is 13.9 Å². The second-order valence-corrected chi connectivity index (χ2v) is 7.27. The summed E-state index contributed by atoms with van der Waals surface area (Å²) in [5, 5.41) is 8.64. The van der Waals surface area contributed by atoms with Crippen LogP contribution in [0.15, 0.2) is 59.8 Å². The number of hydrogen-bond acceptors (Lipinski definition) is 5. The van der Waals surface area contributed by atoms with E-state index in [9.17, 15) is 9.18 Å². The molecular formula is C21H22FN3O2S. The summed E-state index contributed by atoms with van der Waals surface area (Å²) in [4.78, 5) is 12.4. The van der Waals surface area contributed by atoms with Gasteiger partial charge in [0.05, 0.1) is 12.2 Å². The van der Waals surface area contributed by atoms with E-state index in [4.69, 9.17) is 4.74 Å². The predicted octanol–water partition coefficient (Wildman–Crippen LogP) is 4.90. The first-order valence-electron chi connectivity index (χ1n) is 9.24. The second-order valence-electron chi connectivity index (χ2n) is 6.10. The lowest BCUT2D eigenvalue weighted by molar-refractivity contribution is -0.142. The van der Waals surface area contributed by atoms with Crippen molar-refractivity contribution in [3.8, 4) is 17.1 Å². The molecule has 3 rings (SSSR count). The van der Waals surface area contributed by atoms with Crippen LogP contribution in [0.1, 0.15) is 26.7 Å². The Morgan fingerprint density at radius 2 is 1.82 bits per heavy atom. The summed E-state index contributed by atoms with van der Waals surface area (Å²) >= 11 is 1.30. The number of thioether (sulfide) groups is 1. The van der Waals surface area contributed by atoms with E-state index in [1.54, 1.807) is 29.7 Å². The third-order valence-corrected chi connectivity index (χ3v) is 5.30. The summed E-state index contributed by atoms with van der Waals surface area (Å²) in [6.45, 7) is 4.12. The van der Waals surface area contributed by atoms with Gasteiger partial charge in [-0.15, -0.1) is 10.2 Å². The van der Waals surface area contributed by atoms with Crippen LogP contribution in [-0.4, -0.2) is 32.6 Å². The van der Waals surface area contributed by atoms with Gasteiger partial charge in [0.15, 0.2) is 11.0 Å². The molecule has 7 heteroatoms. The summed E-state index contributed by atoms with van der Waals surface area (Å²) in [7, 11) is 0. The second kappa shape index (κ2) is 9.50. The molecule has 0 spiro atoms. The maximum atomic E-state index is 14.4. The minimum absolute atomic E-state index is 0.274.